The second-order valence-electron chi connectivity index (χ2n) is 9.52. The molecular formula is C35H32N4O3. The van der Waals surface area contributed by atoms with Crippen LogP contribution in [0.1, 0.15) is 27.6 Å². The van der Waals surface area contributed by atoms with Gasteiger partial charge in [0.25, 0.3) is 5.91 Å². The second-order valence-corrected chi connectivity index (χ2v) is 9.52. The first kappa shape index (κ1) is 28.0. The van der Waals surface area contributed by atoms with Crippen LogP contribution >= 0.6 is 0 Å². The Morgan fingerprint density at radius 3 is 1.69 bits per heavy atom. The Bertz CT molecular complexity index is 1540. The number of para-hydroxylation sites is 2. The standard InChI is InChI=1S/C35H32N4O3/c40-34(37-24-23-36-28-17-9-3-10-18-28)31-25-30(39-35(41)38-29-19-11-4-12-20-29)21-22-32(31)42-33(26-13-5-1-6-14-26)27-15-7-2-8-16-27/h1-22,25,33,36H,23-24H2,(H,37,40)(H2,38,39,41). The zero-order chi connectivity index (χ0) is 29.0. The van der Waals surface area contributed by atoms with E-state index in [0.717, 1.165) is 16.8 Å². The van der Waals surface area contributed by atoms with Crippen LogP contribution in [-0.2, 0) is 0 Å². The van der Waals surface area contributed by atoms with Crippen molar-refractivity contribution in [1.29, 1.82) is 0 Å². The van der Waals surface area contributed by atoms with Crippen molar-refractivity contribution in [2.75, 3.05) is 29.0 Å². The van der Waals surface area contributed by atoms with Gasteiger partial charge >= 0.3 is 6.03 Å². The highest BCUT2D eigenvalue weighted by atomic mass is 16.5. The molecule has 0 heterocycles. The highest BCUT2D eigenvalue weighted by Gasteiger charge is 2.21. The summed E-state index contributed by atoms with van der Waals surface area (Å²) in [6.07, 6.45) is -0.445. The first-order valence-electron chi connectivity index (χ1n) is 13.8. The fourth-order valence-electron chi connectivity index (χ4n) is 4.45. The third kappa shape index (κ3) is 7.76. The lowest BCUT2D eigenvalue weighted by molar-refractivity contribution is 0.0949. The van der Waals surface area contributed by atoms with Crippen molar-refractivity contribution in [3.63, 3.8) is 0 Å². The highest BCUT2D eigenvalue weighted by Crippen LogP contribution is 2.32. The first-order chi connectivity index (χ1) is 20.7. The number of carbonyl (C=O) groups is 2. The third-order valence-corrected chi connectivity index (χ3v) is 6.48. The maximum atomic E-state index is 13.5. The lowest BCUT2D eigenvalue weighted by atomic mass is 10.0. The van der Waals surface area contributed by atoms with Crippen LogP contribution < -0.4 is 26.0 Å². The van der Waals surface area contributed by atoms with E-state index in [-0.39, 0.29) is 5.91 Å². The Labute approximate surface area is 245 Å². The normalized spacial score (nSPS) is 10.5. The molecule has 5 aromatic carbocycles. The van der Waals surface area contributed by atoms with E-state index in [4.69, 9.17) is 4.74 Å². The number of urea groups is 1. The van der Waals surface area contributed by atoms with Crippen molar-refractivity contribution >= 4 is 29.0 Å². The van der Waals surface area contributed by atoms with E-state index in [1.54, 1.807) is 30.3 Å². The molecule has 0 saturated heterocycles. The number of amides is 3. The molecule has 0 bridgehead atoms. The van der Waals surface area contributed by atoms with Crippen molar-refractivity contribution in [3.05, 3.63) is 156 Å². The Morgan fingerprint density at radius 1 is 0.571 bits per heavy atom. The molecule has 0 aliphatic heterocycles. The van der Waals surface area contributed by atoms with Crippen molar-refractivity contribution in [2.24, 2.45) is 0 Å². The molecule has 5 rings (SSSR count). The molecule has 0 aliphatic carbocycles. The van der Waals surface area contributed by atoms with Gasteiger partial charge in [-0.2, -0.15) is 0 Å². The fourth-order valence-corrected chi connectivity index (χ4v) is 4.45. The summed E-state index contributed by atoms with van der Waals surface area (Å²) in [6.45, 7) is 0.931. The van der Waals surface area contributed by atoms with Gasteiger partial charge in [-0.25, -0.2) is 4.79 Å². The number of hydrogen-bond acceptors (Lipinski definition) is 4. The van der Waals surface area contributed by atoms with Gasteiger partial charge in [0, 0.05) is 30.2 Å². The maximum Gasteiger partial charge on any atom is 0.323 e. The molecule has 0 aromatic heterocycles. The van der Waals surface area contributed by atoms with Crippen LogP contribution in [0.15, 0.2) is 140 Å². The Balaban J connectivity index is 1.37. The van der Waals surface area contributed by atoms with Crippen molar-refractivity contribution in [3.8, 4) is 5.75 Å². The predicted octanol–water partition coefficient (Wildman–Crippen LogP) is 7.34. The van der Waals surface area contributed by atoms with Gasteiger partial charge in [0.2, 0.25) is 0 Å². The van der Waals surface area contributed by atoms with E-state index in [1.165, 1.54) is 0 Å². The minimum atomic E-state index is -0.445. The van der Waals surface area contributed by atoms with Crippen LogP contribution in [-0.4, -0.2) is 25.0 Å². The molecule has 3 amide bonds. The molecular weight excluding hydrogens is 524 g/mol. The lowest BCUT2D eigenvalue weighted by Crippen LogP contribution is -2.29. The number of hydrogen-bond donors (Lipinski definition) is 4. The molecule has 0 radical (unpaired) electrons. The molecule has 5 aromatic rings. The lowest BCUT2D eigenvalue weighted by Gasteiger charge is -2.22. The maximum absolute atomic E-state index is 13.5. The average Bonchev–Trinajstić information content (AvgIpc) is 3.04. The predicted molar refractivity (Wildman–Crippen MR) is 168 cm³/mol. The largest absolute Gasteiger partial charge is 0.480 e. The van der Waals surface area contributed by atoms with Gasteiger partial charge in [0.15, 0.2) is 0 Å². The van der Waals surface area contributed by atoms with E-state index >= 15 is 0 Å². The van der Waals surface area contributed by atoms with Crippen molar-refractivity contribution in [1.82, 2.24) is 5.32 Å². The van der Waals surface area contributed by atoms with Gasteiger partial charge in [-0.05, 0) is 53.6 Å². The summed E-state index contributed by atoms with van der Waals surface area (Å²) in [5.74, 6) is 0.0853. The van der Waals surface area contributed by atoms with Crippen LogP contribution in [0.3, 0.4) is 0 Å². The number of benzene rings is 5. The monoisotopic (exact) mass is 556 g/mol. The zero-order valence-electron chi connectivity index (χ0n) is 23.0. The Kier molecular flexibility index (Phi) is 9.45. The van der Waals surface area contributed by atoms with E-state index in [2.05, 4.69) is 21.3 Å². The Morgan fingerprint density at radius 2 is 1.10 bits per heavy atom. The van der Waals surface area contributed by atoms with Gasteiger partial charge in [0.05, 0.1) is 5.56 Å². The molecule has 42 heavy (non-hydrogen) atoms. The summed E-state index contributed by atoms with van der Waals surface area (Å²) in [4.78, 5) is 26.2. The van der Waals surface area contributed by atoms with Crippen LogP contribution in [0.25, 0.3) is 0 Å². The summed E-state index contributed by atoms with van der Waals surface area (Å²) in [5.41, 5.74) is 4.30. The van der Waals surface area contributed by atoms with Gasteiger partial charge in [-0.3, -0.25) is 4.79 Å². The smallest absolute Gasteiger partial charge is 0.323 e. The topological polar surface area (TPSA) is 91.5 Å². The first-order valence-corrected chi connectivity index (χ1v) is 13.8. The molecule has 4 N–H and O–H groups in total. The Hall–Kier alpha value is -5.56. The van der Waals surface area contributed by atoms with E-state index in [0.29, 0.717) is 35.8 Å². The molecule has 0 unspecified atom stereocenters. The summed E-state index contributed by atoms with van der Waals surface area (Å²) in [6, 6.07) is 43.3. The summed E-state index contributed by atoms with van der Waals surface area (Å²) >= 11 is 0. The number of ether oxygens (including phenoxy) is 1. The average molecular weight is 557 g/mol. The van der Waals surface area contributed by atoms with Gasteiger partial charge < -0.3 is 26.0 Å². The van der Waals surface area contributed by atoms with Gasteiger partial charge in [-0.1, -0.05) is 97.1 Å². The van der Waals surface area contributed by atoms with E-state index < -0.39 is 12.1 Å². The van der Waals surface area contributed by atoms with Gasteiger partial charge in [0.1, 0.15) is 11.9 Å². The quantitative estimate of drug-likeness (QED) is 0.128. The number of carbonyl (C=O) groups excluding carboxylic acids is 2. The summed E-state index contributed by atoms with van der Waals surface area (Å²) in [5, 5.41) is 11.9. The summed E-state index contributed by atoms with van der Waals surface area (Å²) in [7, 11) is 0. The molecule has 0 fully saturated rings. The SMILES string of the molecule is O=C(Nc1ccccc1)Nc1ccc(OC(c2ccccc2)c2ccccc2)c(C(=O)NCCNc2ccccc2)c1. The number of nitrogens with one attached hydrogen (secondary N) is 4. The fraction of sp³-hybridized carbons (Fsp3) is 0.0857. The van der Waals surface area contributed by atoms with Crippen molar-refractivity contribution in [2.45, 2.75) is 6.10 Å². The molecule has 0 atom stereocenters. The minimum absolute atomic E-state index is 0.309. The van der Waals surface area contributed by atoms with Crippen molar-refractivity contribution < 1.29 is 14.3 Å². The minimum Gasteiger partial charge on any atom is -0.480 e. The van der Waals surface area contributed by atoms with Crippen LogP contribution in [0.2, 0.25) is 0 Å². The molecule has 0 aliphatic rings. The van der Waals surface area contributed by atoms with E-state index in [1.807, 2.05) is 109 Å². The molecule has 0 saturated carbocycles. The number of rotatable bonds is 11. The highest BCUT2D eigenvalue weighted by molar-refractivity contribution is 6.02. The second kappa shape index (κ2) is 14.2. The third-order valence-electron chi connectivity index (χ3n) is 6.48. The molecule has 7 nitrogen and oxygen atoms in total. The van der Waals surface area contributed by atoms with Gasteiger partial charge in [-0.15, -0.1) is 0 Å². The molecule has 0 spiro atoms. The van der Waals surface area contributed by atoms with Crippen LogP contribution in [0.5, 0.6) is 5.75 Å². The van der Waals surface area contributed by atoms with Crippen LogP contribution in [0.4, 0.5) is 21.9 Å². The number of anilines is 3. The summed E-state index contributed by atoms with van der Waals surface area (Å²) < 4.78 is 6.57. The van der Waals surface area contributed by atoms with E-state index in [9.17, 15) is 9.59 Å². The van der Waals surface area contributed by atoms with Crippen LogP contribution in [0, 0.1) is 0 Å². The molecule has 7 heteroatoms. The molecule has 210 valence electrons. The zero-order valence-corrected chi connectivity index (χ0v) is 23.0.